The van der Waals surface area contributed by atoms with Crippen molar-refractivity contribution in [3.05, 3.63) is 53.6 Å². The molecule has 0 aliphatic heterocycles. The minimum atomic E-state index is -0.0691. The molecule has 0 saturated heterocycles. The Hall–Kier alpha value is -1.61. The lowest BCUT2D eigenvalue weighted by Crippen LogP contribution is -2.41. The zero-order chi connectivity index (χ0) is 20.2. The maximum atomic E-state index is 10.3. The van der Waals surface area contributed by atoms with Crippen molar-refractivity contribution in [1.29, 1.82) is 0 Å². The van der Waals surface area contributed by atoms with E-state index < -0.39 is 0 Å². The van der Waals surface area contributed by atoms with Gasteiger partial charge in [-0.15, -0.1) is 11.8 Å². The van der Waals surface area contributed by atoms with Gasteiger partial charge in [0.2, 0.25) is 0 Å². The van der Waals surface area contributed by atoms with Crippen molar-refractivity contribution >= 4 is 17.4 Å². The SMILES string of the molecule is CCCSc1c(N(Cc2ccccc2O)C(C)(C)C)cccc1C(C)(C)C. The van der Waals surface area contributed by atoms with Gasteiger partial charge in [0.15, 0.2) is 0 Å². The van der Waals surface area contributed by atoms with Crippen LogP contribution in [0.15, 0.2) is 47.4 Å². The van der Waals surface area contributed by atoms with Gasteiger partial charge in [-0.2, -0.15) is 0 Å². The lowest BCUT2D eigenvalue weighted by atomic mass is 9.86. The van der Waals surface area contributed by atoms with E-state index in [4.69, 9.17) is 0 Å². The Balaban J connectivity index is 2.60. The van der Waals surface area contributed by atoms with Gasteiger partial charge in [0.05, 0.1) is 5.69 Å². The number of rotatable bonds is 6. The van der Waals surface area contributed by atoms with Crippen molar-refractivity contribution in [3.63, 3.8) is 0 Å². The fourth-order valence-corrected chi connectivity index (χ4v) is 4.45. The summed E-state index contributed by atoms with van der Waals surface area (Å²) in [5.74, 6) is 1.47. The summed E-state index contributed by atoms with van der Waals surface area (Å²) in [5.41, 5.74) is 3.63. The van der Waals surface area contributed by atoms with E-state index in [1.54, 1.807) is 6.07 Å². The number of anilines is 1. The summed E-state index contributed by atoms with van der Waals surface area (Å²) in [7, 11) is 0. The van der Waals surface area contributed by atoms with Gasteiger partial charge in [-0.1, -0.05) is 58.0 Å². The monoisotopic (exact) mass is 385 g/mol. The molecule has 148 valence electrons. The van der Waals surface area contributed by atoms with Gasteiger partial charge in [0.1, 0.15) is 5.75 Å². The standard InChI is InChI=1S/C24H35NOS/c1-8-16-27-22-19(23(2,3)4)13-11-14-20(22)25(24(5,6)7)17-18-12-9-10-15-21(18)26/h9-15,26H,8,16-17H2,1-7H3. The third kappa shape index (κ3) is 5.44. The number of thioether (sulfide) groups is 1. The van der Waals surface area contributed by atoms with Gasteiger partial charge in [0, 0.05) is 22.5 Å². The molecule has 2 rings (SSSR count). The first-order valence-corrected chi connectivity index (χ1v) is 10.8. The van der Waals surface area contributed by atoms with E-state index in [1.165, 1.54) is 16.1 Å². The Kier molecular flexibility index (Phi) is 6.91. The first-order valence-electron chi connectivity index (χ1n) is 9.86. The summed E-state index contributed by atoms with van der Waals surface area (Å²) in [6.07, 6.45) is 1.15. The Morgan fingerprint density at radius 1 is 0.926 bits per heavy atom. The maximum absolute atomic E-state index is 10.3. The number of para-hydroxylation sites is 1. The highest BCUT2D eigenvalue weighted by molar-refractivity contribution is 7.99. The molecule has 0 atom stereocenters. The molecular weight excluding hydrogens is 350 g/mol. The summed E-state index contributed by atoms with van der Waals surface area (Å²) in [6.45, 7) is 16.5. The minimum Gasteiger partial charge on any atom is -0.508 e. The summed E-state index contributed by atoms with van der Waals surface area (Å²) < 4.78 is 0. The molecule has 0 unspecified atom stereocenters. The molecule has 0 heterocycles. The number of nitrogens with zero attached hydrogens (tertiary/aromatic N) is 1. The molecule has 2 aromatic carbocycles. The second kappa shape index (κ2) is 8.60. The lowest BCUT2D eigenvalue weighted by Gasteiger charge is -2.40. The highest BCUT2D eigenvalue weighted by Gasteiger charge is 2.28. The van der Waals surface area contributed by atoms with Crippen molar-refractivity contribution in [2.24, 2.45) is 0 Å². The fourth-order valence-electron chi connectivity index (χ4n) is 3.18. The fraction of sp³-hybridized carbons (Fsp3) is 0.500. The number of phenols is 1. The minimum absolute atomic E-state index is 0.0691. The normalized spacial score (nSPS) is 12.3. The molecule has 0 radical (unpaired) electrons. The predicted octanol–water partition coefficient (Wildman–Crippen LogP) is 7.00. The molecule has 0 aliphatic carbocycles. The molecule has 2 aromatic rings. The van der Waals surface area contributed by atoms with Crippen LogP contribution in [-0.4, -0.2) is 16.4 Å². The van der Waals surface area contributed by atoms with Crippen LogP contribution in [0.2, 0.25) is 0 Å². The van der Waals surface area contributed by atoms with Crippen LogP contribution in [0.3, 0.4) is 0 Å². The zero-order valence-corrected chi connectivity index (χ0v) is 18.8. The number of hydrogen-bond acceptors (Lipinski definition) is 3. The smallest absolute Gasteiger partial charge is 0.120 e. The first-order chi connectivity index (χ1) is 12.6. The van der Waals surface area contributed by atoms with E-state index in [9.17, 15) is 5.11 Å². The Morgan fingerprint density at radius 2 is 1.59 bits per heavy atom. The van der Waals surface area contributed by atoms with Gasteiger partial charge in [0.25, 0.3) is 0 Å². The largest absolute Gasteiger partial charge is 0.508 e. The topological polar surface area (TPSA) is 23.5 Å². The van der Waals surface area contributed by atoms with E-state index in [2.05, 4.69) is 71.6 Å². The second-order valence-corrected chi connectivity index (χ2v) is 10.2. The Labute approximate surface area is 170 Å². The molecule has 0 amide bonds. The van der Waals surface area contributed by atoms with Crippen molar-refractivity contribution in [2.45, 2.75) is 77.3 Å². The van der Waals surface area contributed by atoms with E-state index in [0.29, 0.717) is 12.3 Å². The summed E-state index contributed by atoms with van der Waals surface area (Å²) in [5, 5.41) is 10.3. The number of phenolic OH excluding ortho intramolecular Hbond substituents is 1. The lowest BCUT2D eigenvalue weighted by molar-refractivity contribution is 0.454. The molecule has 27 heavy (non-hydrogen) atoms. The van der Waals surface area contributed by atoms with Crippen molar-refractivity contribution < 1.29 is 5.11 Å². The summed E-state index contributed by atoms with van der Waals surface area (Å²) in [4.78, 5) is 3.80. The Bertz CT molecular complexity index is 756. The van der Waals surface area contributed by atoms with Crippen molar-refractivity contribution in [3.8, 4) is 5.75 Å². The van der Waals surface area contributed by atoms with Crippen LogP contribution in [0.25, 0.3) is 0 Å². The highest BCUT2D eigenvalue weighted by atomic mass is 32.2. The van der Waals surface area contributed by atoms with Crippen LogP contribution >= 0.6 is 11.8 Å². The highest BCUT2D eigenvalue weighted by Crippen LogP contribution is 2.42. The van der Waals surface area contributed by atoms with Crippen molar-refractivity contribution in [1.82, 2.24) is 0 Å². The number of benzene rings is 2. The molecule has 0 fully saturated rings. The van der Waals surface area contributed by atoms with Gasteiger partial charge >= 0.3 is 0 Å². The molecule has 0 spiro atoms. The average molecular weight is 386 g/mol. The van der Waals surface area contributed by atoms with Crippen molar-refractivity contribution in [2.75, 3.05) is 10.7 Å². The van der Waals surface area contributed by atoms with Gasteiger partial charge in [-0.25, -0.2) is 0 Å². The summed E-state index contributed by atoms with van der Waals surface area (Å²) >= 11 is 1.96. The van der Waals surface area contributed by atoms with E-state index in [1.807, 2.05) is 30.0 Å². The van der Waals surface area contributed by atoms with Gasteiger partial charge in [-0.05, 0) is 56.1 Å². The predicted molar refractivity (Wildman–Crippen MR) is 120 cm³/mol. The summed E-state index contributed by atoms with van der Waals surface area (Å²) in [6, 6.07) is 14.3. The first kappa shape index (κ1) is 21.7. The number of aromatic hydroxyl groups is 1. The van der Waals surface area contributed by atoms with E-state index in [0.717, 1.165) is 17.7 Å². The molecule has 2 nitrogen and oxygen atoms in total. The van der Waals surface area contributed by atoms with Gasteiger partial charge in [-0.3, -0.25) is 0 Å². The molecule has 0 aliphatic rings. The van der Waals surface area contributed by atoms with Crippen LogP contribution in [0.5, 0.6) is 5.75 Å². The molecule has 3 heteroatoms. The van der Waals surface area contributed by atoms with Crippen LogP contribution in [0.1, 0.15) is 66.0 Å². The second-order valence-electron chi connectivity index (χ2n) is 9.14. The quantitative estimate of drug-likeness (QED) is 0.542. The molecule has 1 N–H and O–H groups in total. The molecular formula is C24H35NOS. The van der Waals surface area contributed by atoms with E-state index in [-0.39, 0.29) is 11.0 Å². The van der Waals surface area contributed by atoms with E-state index >= 15 is 0 Å². The third-order valence-corrected chi connectivity index (χ3v) is 6.00. The van der Waals surface area contributed by atoms with Crippen LogP contribution in [0, 0.1) is 0 Å². The Morgan fingerprint density at radius 3 is 2.15 bits per heavy atom. The van der Waals surface area contributed by atoms with Crippen LogP contribution < -0.4 is 4.90 Å². The number of hydrogen-bond donors (Lipinski definition) is 1. The average Bonchev–Trinajstić information content (AvgIpc) is 2.57. The molecule has 0 saturated carbocycles. The molecule has 0 bridgehead atoms. The van der Waals surface area contributed by atoms with Crippen LogP contribution in [0.4, 0.5) is 5.69 Å². The van der Waals surface area contributed by atoms with Gasteiger partial charge < -0.3 is 10.0 Å². The van der Waals surface area contributed by atoms with Crippen LogP contribution in [-0.2, 0) is 12.0 Å². The third-order valence-electron chi connectivity index (χ3n) is 4.67. The zero-order valence-electron chi connectivity index (χ0n) is 18.0. The molecule has 0 aromatic heterocycles. The maximum Gasteiger partial charge on any atom is 0.120 e.